The van der Waals surface area contributed by atoms with Crippen molar-refractivity contribution >= 4 is 5.69 Å². The maximum absolute atomic E-state index is 5.64. The quantitative estimate of drug-likeness (QED) is 0.891. The Labute approximate surface area is 109 Å². The highest BCUT2D eigenvalue weighted by atomic mass is 16.5. The summed E-state index contributed by atoms with van der Waals surface area (Å²) in [5.74, 6) is 0.784. The Hall–Kier alpha value is -1.03. The van der Waals surface area contributed by atoms with Crippen LogP contribution in [0.3, 0.4) is 0 Å². The average molecular weight is 249 g/mol. The minimum absolute atomic E-state index is 0.364. The molecule has 1 aliphatic carbocycles. The standard InChI is InChI=1S/C14H23N3O/c1-11-4-2-6-14(11)16-12-8-15-17(9-12)10-13-5-3-7-18-13/h8-9,11,13-14,16H,2-7,10H2,1H3. The van der Waals surface area contributed by atoms with Crippen molar-refractivity contribution in [3.05, 3.63) is 12.4 Å². The van der Waals surface area contributed by atoms with E-state index in [0.29, 0.717) is 12.1 Å². The Morgan fingerprint density at radius 2 is 2.33 bits per heavy atom. The van der Waals surface area contributed by atoms with Gasteiger partial charge in [0.1, 0.15) is 0 Å². The molecule has 4 nitrogen and oxygen atoms in total. The minimum atomic E-state index is 0.364. The SMILES string of the molecule is CC1CCCC1Nc1cnn(CC2CCCO2)c1. The molecule has 0 aromatic carbocycles. The van der Waals surface area contributed by atoms with Crippen LogP contribution in [0, 0.1) is 5.92 Å². The number of rotatable bonds is 4. The lowest BCUT2D eigenvalue weighted by Gasteiger charge is -2.17. The lowest BCUT2D eigenvalue weighted by atomic mass is 10.1. The number of hydrogen-bond acceptors (Lipinski definition) is 3. The Balaban J connectivity index is 1.55. The fraction of sp³-hybridized carbons (Fsp3) is 0.786. The second kappa shape index (κ2) is 5.31. The number of ether oxygens (including phenoxy) is 1. The highest BCUT2D eigenvalue weighted by Crippen LogP contribution is 2.27. The summed E-state index contributed by atoms with van der Waals surface area (Å²) in [7, 11) is 0. The molecule has 4 heteroatoms. The molecule has 1 N–H and O–H groups in total. The molecule has 0 radical (unpaired) electrons. The topological polar surface area (TPSA) is 39.1 Å². The molecule has 0 bridgehead atoms. The van der Waals surface area contributed by atoms with Gasteiger partial charge >= 0.3 is 0 Å². The zero-order valence-corrected chi connectivity index (χ0v) is 11.1. The summed E-state index contributed by atoms with van der Waals surface area (Å²) >= 11 is 0. The zero-order chi connectivity index (χ0) is 12.4. The van der Waals surface area contributed by atoms with Crippen molar-refractivity contribution in [2.45, 2.75) is 57.7 Å². The molecule has 1 saturated carbocycles. The molecule has 100 valence electrons. The smallest absolute Gasteiger partial charge is 0.0771 e. The molecule has 1 aromatic heterocycles. The number of hydrogen-bond donors (Lipinski definition) is 1. The van der Waals surface area contributed by atoms with E-state index in [0.717, 1.165) is 24.8 Å². The third-order valence-electron chi connectivity index (χ3n) is 4.26. The molecular weight excluding hydrogens is 226 g/mol. The van der Waals surface area contributed by atoms with Crippen LogP contribution in [0.25, 0.3) is 0 Å². The van der Waals surface area contributed by atoms with Gasteiger partial charge in [-0.3, -0.25) is 4.68 Å². The molecule has 3 rings (SSSR count). The zero-order valence-electron chi connectivity index (χ0n) is 11.1. The molecule has 2 aliphatic rings. The van der Waals surface area contributed by atoms with Crippen molar-refractivity contribution in [1.82, 2.24) is 9.78 Å². The van der Waals surface area contributed by atoms with Crippen molar-refractivity contribution in [3.8, 4) is 0 Å². The Morgan fingerprint density at radius 1 is 1.39 bits per heavy atom. The van der Waals surface area contributed by atoms with Crippen molar-refractivity contribution in [2.75, 3.05) is 11.9 Å². The molecule has 3 atom stereocenters. The van der Waals surface area contributed by atoms with Crippen LogP contribution in [0.5, 0.6) is 0 Å². The van der Waals surface area contributed by atoms with E-state index in [1.807, 2.05) is 10.9 Å². The molecule has 2 heterocycles. The molecule has 1 saturated heterocycles. The lowest BCUT2D eigenvalue weighted by molar-refractivity contribution is 0.0940. The normalized spacial score (nSPS) is 31.9. The number of nitrogens with zero attached hydrogens (tertiary/aromatic N) is 2. The molecule has 2 fully saturated rings. The molecule has 3 unspecified atom stereocenters. The number of nitrogens with one attached hydrogen (secondary N) is 1. The van der Waals surface area contributed by atoms with E-state index in [9.17, 15) is 0 Å². The van der Waals surface area contributed by atoms with Crippen LogP contribution in [-0.4, -0.2) is 28.5 Å². The van der Waals surface area contributed by atoms with Gasteiger partial charge in [0.05, 0.1) is 24.5 Å². The first kappa shape index (κ1) is 12.0. The van der Waals surface area contributed by atoms with Gasteiger partial charge in [-0.1, -0.05) is 13.3 Å². The van der Waals surface area contributed by atoms with Gasteiger partial charge < -0.3 is 10.1 Å². The third kappa shape index (κ3) is 2.69. The van der Waals surface area contributed by atoms with E-state index >= 15 is 0 Å². The highest BCUT2D eigenvalue weighted by Gasteiger charge is 2.23. The van der Waals surface area contributed by atoms with Gasteiger partial charge in [-0.25, -0.2) is 0 Å². The van der Waals surface area contributed by atoms with Gasteiger partial charge in [-0.2, -0.15) is 5.10 Å². The molecule has 1 aromatic rings. The van der Waals surface area contributed by atoms with E-state index in [4.69, 9.17) is 4.74 Å². The molecule has 0 amide bonds. The first-order valence-electron chi connectivity index (χ1n) is 7.22. The lowest BCUT2D eigenvalue weighted by Crippen LogP contribution is -2.21. The predicted molar refractivity (Wildman–Crippen MR) is 71.6 cm³/mol. The van der Waals surface area contributed by atoms with Crippen molar-refractivity contribution < 1.29 is 4.74 Å². The van der Waals surface area contributed by atoms with Gasteiger partial charge in [0.25, 0.3) is 0 Å². The van der Waals surface area contributed by atoms with Gasteiger partial charge in [-0.05, 0) is 31.6 Å². The van der Waals surface area contributed by atoms with Gasteiger partial charge in [0, 0.05) is 18.8 Å². The summed E-state index contributed by atoms with van der Waals surface area (Å²) in [5, 5.41) is 8.03. The number of aromatic nitrogens is 2. The minimum Gasteiger partial charge on any atom is -0.380 e. The Kier molecular flexibility index (Phi) is 3.55. The fourth-order valence-corrected chi connectivity index (χ4v) is 3.11. The second-order valence-corrected chi connectivity index (χ2v) is 5.75. The summed E-state index contributed by atoms with van der Waals surface area (Å²) in [5.41, 5.74) is 1.16. The van der Waals surface area contributed by atoms with Gasteiger partial charge in [0.15, 0.2) is 0 Å². The molecule has 0 spiro atoms. The number of anilines is 1. The Morgan fingerprint density at radius 3 is 3.06 bits per heavy atom. The van der Waals surface area contributed by atoms with Gasteiger partial charge in [-0.15, -0.1) is 0 Å². The maximum Gasteiger partial charge on any atom is 0.0771 e. The molecular formula is C14H23N3O. The van der Waals surface area contributed by atoms with Gasteiger partial charge in [0.2, 0.25) is 0 Å². The fourth-order valence-electron chi connectivity index (χ4n) is 3.11. The molecule has 1 aliphatic heterocycles. The monoisotopic (exact) mass is 249 g/mol. The largest absolute Gasteiger partial charge is 0.380 e. The van der Waals surface area contributed by atoms with Crippen LogP contribution in [0.4, 0.5) is 5.69 Å². The summed E-state index contributed by atoms with van der Waals surface area (Å²) in [4.78, 5) is 0. The predicted octanol–water partition coefficient (Wildman–Crippen LogP) is 2.66. The van der Waals surface area contributed by atoms with Crippen molar-refractivity contribution in [1.29, 1.82) is 0 Å². The maximum atomic E-state index is 5.64. The average Bonchev–Trinajstić information content (AvgIpc) is 3.06. The molecule has 18 heavy (non-hydrogen) atoms. The van der Waals surface area contributed by atoms with Crippen LogP contribution in [-0.2, 0) is 11.3 Å². The van der Waals surface area contributed by atoms with E-state index < -0.39 is 0 Å². The van der Waals surface area contributed by atoms with E-state index in [2.05, 4.69) is 23.5 Å². The van der Waals surface area contributed by atoms with Crippen LogP contribution in [0.1, 0.15) is 39.0 Å². The summed E-state index contributed by atoms with van der Waals surface area (Å²) in [6.07, 6.45) is 10.8. The summed E-state index contributed by atoms with van der Waals surface area (Å²) < 4.78 is 7.65. The summed E-state index contributed by atoms with van der Waals surface area (Å²) in [6, 6.07) is 0.630. The van der Waals surface area contributed by atoms with E-state index in [1.165, 1.54) is 32.1 Å². The van der Waals surface area contributed by atoms with Crippen LogP contribution in [0.15, 0.2) is 12.4 Å². The van der Waals surface area contributed by atoms with E-state index in [-0.39, 0.29) is 0 Å². The van der Waals surface area contributed by atoms with E-state index in [1.54, 1.807) is 0 Å². The Bertz CT molecular complexity index is 384. The van der Waals surface area contributed by atoms with Crippen LogP contribution in [0.2, 0.25) is 0 Å². The summed E-state index contributed by atoms with van der Waals surface area (Å²) in [6.45, 7) is 4.14. The second-order valence-electron chi connectivity index (χ2n) is 5.75. The first-order chi connectivity index (χ1) is 8.81. The first-order valence-corrected chi connectivity index (χ1v) is 7.22. The van der Waals surface area contributed by atoms with Crippen molar-refractivity contribution in [2.24, 2.45) is 5.92 Å². The van der Waals surface area contributed by atoms with Crippen molar-refractivity contribution in [3.63, 3.8) is 0 Å². The van der Waals surface area contributed by atoms with Crippen LogP contribution >= 0.6 is 0 Å². The van der Waals surface area contributed by atoms with Crippen LogP contribution < -0.4 is 5.32 Å². The third-order valence-corrected chi connectivity index (χ3v) is 4.26. The highest BCUT2D eigenvalue weighted by molar-refractivity contribution is 5.39.